The van der Waals surface area contributed by atoms with Crippen LogP contribution >= 0.6 is 0 Å². The number of hydrogen-bond donors (Lipinski definition) is 4. The summed E-state index contributed by atoms with van der Waals surface area (Å²) in [4.78, 5) is 33.3. The quantitative estimate of drug-likeness (QED) is 0.494. The molecule has 1 fully saturated rings. The molecule has 0 aromatic carbocycles. The molecule has 7 nitrogen and oxygen atoms in total. The number of carbonyl (C=O) groups is 3. The Hall–Kier alpha value is -2.05. The lowest BCUT2D eigenvalue weighted by Crippen LogP contribution is -2.46. The molecule has 4 N–H and O–H groups in total. The molecule has 3 amide bonds. The number of hydrogen-bond acceptors (Lipinski definition) is 3. The molecule has 3 atom stereocenters. The highest BCUT2D eigenvalue weighted by atomic mass is 16.4. The molecule has 0 radical (unpaired) electrons. The van der Waals surface area contributed by atoms with Crippen molar-refractivity contribution in [3.8, 4) is 0 Å². The van der Waals surface area contributed by atoms with E-state index in [0.29, 0.717) is 13.0 Å². The molecule has 18 heavy (non-hydrogen) atoms. The molecular weight excluding hydrogens is 238 g/mol. The third kappa shape index (κ3) is 2.99. The summed E-state index contributed by atoms with van der Waals surface area (Å²) in [6.07, 6.45) is 3.90. The Morgan fingerprint density at radius 2 is 2.11 bits per heavy atom. The first-order chi connectivity index (χ1) is 8.54. The van der Waals surface area contributed by atoms with Gasteiger partial charge in [-0.2, -0.15) is 0 Å². The van der Waals surface area contributed by atoms with Crippen molar-refractivity contribution in [2.24, 2.45) is 5.92 Å². The lowest BCUT2D eigenvalue weighted by Gasteiger charge is -2.15. The molecule has 0 aromatic rings. The number of amides is 3. The average molecular weight is 253 g/mol. The minimum Gasteiger partial charge on any atom is -0.481 e. The van der Waals surface area contributed by atoms with Crippen LogP contribution in [0.15, 0.2) is 12.2 Å². The van der Waals surface area contributed by atoms with Gasteiger partial charge in [0, 0.05) is 13.0 Å². The Morgan fingerprint density at radius 1 is 1.33 bits per heavy atom. The number of aliphatic carboxylic acids is 1. The van der Waals surface area contributed by atoms with E-state index in [-0.39, 0.29) is 30.4 Å². The van der Waals surface area contributed by atoms with E-state index in [0.717, 1.165) is 0 Å². The van der Waals surface area contributed by atoms with E-state index in [9.17, 15) is 14.4 Å². The summed E-state index contributed by atoms with van der Waals surface area (Å²) in [5, 5.41) is 16.7. The van der Waals surface area contributed by atoms with Crippen LogP contribution in [-0.4, -0.2) is 41.6 Å². The second-order valence-corrected chi connectivity index (χ2v) is 4.49. The van der Waals surface area contributed by atoms with Gasteiger partial charge in [-0.25, -0.2) is 4.79 Å². The van der Waals surface area contributed by atoms with Crippen molar-refractivity contribution in [1.82, 2.24) is 16.0 Å². The Labute approximate surface area is 104 Å². The molecule has 1 saturated heterocycles. The standard InChI is InChI=1S/C11H15N3O4/c15-9-4-8(5-12-9)14-11(18)13-7-2-1-6(3-7)10(16)17/h1-2,6-8H,3-5H2,(H,12,15)(H,16,17)(H2,13,14,18). The third-order valence-corrected chi connectivity index (χ3v) is 3.03. The number of carbonyl (C=O) groups excluding carboxylic acids is 2. The minimum absolute atomic E-state index is 0.0768. The highest BCUT2D eigenvalue weighted by molar-refractivity contribution is 5.81. The first-order valence-electron chi connectivity index (χ1n) is 5.79. The van der Waals surface area contributed by atoms with Crippen LogP contribution in [0.5, 0.6) is 0 Å². The summed E-state index contributed by atoms with van der Waals surface area (Å²) in [6.45, 7) is 0.435. The van der Waals surface area contributed by atoms with Crippen molar-refractivity contribution >= 4 is 17.9 Å². The number of carboxylic acids is 1. The average Bonchev–Trinajstić information content (AvgIpc) is 2.88. The summed E-state index contributed by atoms with van der Waals surface area (Å²) in [6, 6.07) is -0.841. The van der Waals surface area contributed by atoms with Gasteiger partial charge in [-0.05, 0) is 6.42 Å². The Bertz CT molecular complexity index is 407. The summed E-state index contributed by atoms with van der Waals surface area (Å²) in [5.41, 5.74) is 0. The van der Waals surface area contributed by atoms with Crippen LogP contribution in [0.4, 0.5) is 4.79 Å². The molecule has 2 rings (SSSR count). The first-order valence-corrected chi connectivity index (χ1v) is 5.79. The molecule has 0 aromatic heterocycles. The Morgan fingerprint density at radius 3 is 2.67 bits per heavy atom. The van der Waals surface area contributed by atoms with Crippen molar-refractivity contribution in [3.63, 3.8) is 0 Å². The highest BCUT2D eigenvalue weighted by Gasteiger charge is 2.27. The fourth-order valence-electron chi connectivity index (χ4n) is 2.09. The van der Waals surface area contributed by atoms with Crippen LogP contribution in [0, 0.1) is 5.92 Å². The van der Waals surface area contributed by atoms with Gasteiger partial charge in [-0.3, -0.25) is 9.59 Å². The number of nitrogens with one attached hydrogen (secondary N) is 3. The summed E-state index contributed by atoms with van der Waals surface area (Å²) in [7, 11) is 0. The fourth-order valence-corrected chi connectivity index (χ4v) is 2.09. The molecule has 7 heteroatoms. The SMILES string of the molecule is O=C1CC(NC(=O)NC2C=CC(C(=O)O)C2)CN1. The summed E-state index contributed by atoms with van der Waals surface area (Å²) in [5.74, 6) is -1.50. The predicted molar refractivity (Wildman–Crippen MR) is 61.8 cm³/mol. The van der Waals surface area contributed by atoms with E-state index in [4.69, 9.17) is 5.11 Å². The van der Waals surface area contributed by atoms with E-state index in [1.165, 1.54) is 0 Å². The normalized spacial score (nSPS) is 30.0. The van der Waals surface area contributed by atoms with Crippen molar-refractivity contribution in [1.29, 1.82) is 0 Å². The van der Waals surface area contributed by atoms with Gasteiger partial charge in [-0.15, -0.1) is 0 Å². The molecule has 2 aliphatic rings. The molecule has 1 aliphatic carbocycles. The lowest BCUT2D eigenvalue weighted by atomic mass is 10.1. The maximum atomic E-state index is 11.6. The molecule has 3 unspecified atom stereocenters. The summed E-state index contributed by atoms with van der Waals surface area (Å²) >= 11 is 0. The van der Waals surface area contributed by atoms with Crippen LogP contribution in [0.2, 0.25) is 0 Å². The van der Waals surface area contributed by atoms with E-state index >= 15 is 0 Å². The molecule has 0 bridgehead atoms. The zero-order valence-corrected chi connectivity index (χ0v) is 9.68. The topological polar surface area (TPSA) is 108 Å². The van der Waals surface area contributed by atoms with Crippen molar-refractivity contribution in [2.75, 3.05) is 6.54 Å². The Kier molecular flexibility index (Phi) is 3.50. The summed E-state index contributed by atoms with van der Waals surface area (Å²) < 4.78 is 0. The minimum atomic E-state index is -0.887. The fraction of sp³-hybridized carbons (Fsp3) is 0.545. The van der Waals surface area contributed by atoms with Gasteiger partial charge in [0.2, 0.25) is 5.91 Å². The lowest BCUT2D eigenvalue weighted by molar-refractivity contribution is -0.140. The third-order valence-electron chi connectivity index (χ3n) is 3.03. The number of carboxylic acid groups (broad SMARTS) is 1. The van der Waals surface area contributed by atoms with E-state index in [1.54, 1.807) is 12.2 Å². The monoisotopic (exact) mass is 253 g/mol. The van der Waals surface area contributed by atoms with Crippen LogP contribution in [0.3, 0.4) is 0 Å². The number of urea groups is 1. The first kappa shape index (κ1) is 12.4. The van der Waals surface area contributed by atoms with Gasteiger partial charge in [0.1, 0.15) is 0 Å². The maximum Gasteiger partial charge on any atom is 0.315 e. The zero-order valence-electron chi connectivity index (χ0n) is 9.68. The predicted octanol–water partition coefficient (Wildman–Crippen LogP) is -0.797. The van der Waals surface area contributed by atoms with E-state index in [2.05, 4.69) is 16.0 Å². The van der Waals surface area contributed by atoms with Crippen LogP contribution in [0.1, 0.15) is 12.8 Å². The second-order valence-electron chi connectivity index (χ2n) is 4.49. The van der Waals surface area contributed by atoms with Gasteiger partial charge < -0.3 is 21.1 Å². The molecule has 0 spiro atoms. The van der Waals surface area contributed by atoms with Crippen molar-refractivity contribution in [2.45, 2.75) is 24.9 Å². The largest absolute Gasteiger partial charge is 0.481 e. The zero-order chi connectivity index (χ0) is 13.1. The van der Waals surface area contributed by atoms with Crippen LogP contribution in [-0.2, 0) is 9.59 Å². The van der Waals surface area contributed by atoms with Crippen molar-refractivity contribution in [3.05, 3.63) is 12.2 Å². The number of rotatable bonds is 3. The molecule has 1 heterocycles. The highest BCUT2D eigenvalue weighted by Crippen LogP contribution is 2.17. The maximum absolute atomic E-state index is 11.6. The van der Waals surface area contributed by atoms with Crippen molar-refractivity contribution < 1.29 is 19.5 Å². The smallest absolute Gasteiger partial charge is 0.315 e. The van der Waals surface area contributed by atoms with Crippen LogP contribution in [0.25, 0.3) is 0 Å². The molecule has 1 aliphatic heterocycles. The molecule has 0 saturated carbocycles. The molecular formula is C11H15N3O4. The van der Waals surface area contributed by atoms with Gasteiger partial charge in [0.25, 0.3) is 0 Å². The van der Waals surface area contributed by atoms with E-state index in [1.807, 2.05) is 0 Å². The second kappa shape index (κ2) is 5.07. The van der Waals surface area contributed by atoms with Gasteiger partial charge >= 0.3 is 12.0 Å². The Balaban J connectivity index is 1.74. The van der Waals surface area contributed by atoms with Gasteiger partial charge in [-0.1, -0.05) is 12.2 Å². The molecule has 98 valence electrons. The van der Waals surface area contributed by atoms with Crippen LogP contribution < -0.4 is 16.0 Å². The van der Waals surface area contributed by atoms with Gasteiger partial charge in [0.15, 0.2) is 0 Å². The van der Waals surface area contributed by atoms with Gasteiger partial charge in [0.05, 0.1) is 18.0 Å². The van der Waals surface area contributed by atoms with E-state index < -0.39 is 11.9 Å².